The second kappa shape index (κ2) is 8.56. The van der Waals surface area contributed by atoms with Crippen LogP contribution >= 0.6 is 0 Å². The van der Waals surface area contributed by atoms with E-state index < -0.39 is 6.10 Å². The molecule has 0 saturated carbocycles. The molecule has 0 bridgehead atoms. The maximum absolute atomic E-state index is 12.3. The SMILES string of the molecule is Cc1cccc(C)c1OC(C)C(=O)NCc1ccc(OC(C)C)cc1. The smallest absolute Gasteiger partial charge is 0.261 e. The molecule has 0 aliphatic carbocycles. The summed E-state index contributed by atoms with van der Waals surface area (Å²) in [6, 6.07) is 13.7. The summed E-state index contributed by atoms with van der Waals surface area (Å²) in [5.74, 6) is 1.47. The Balaban J connectivity index is 1.89. The van der Waals surface area contributed by atoms with Gasteiger partial charge < -0.3 is 14.8 Å². The highest BCUT2D eigenvalue weighted by atomic mass is 16.5. The second-order valence-corrected chi connectivity index (χ2v) is 6.51. The van der Waals surface area contributed by atoms with Crippen molar-refractivity contribution in [3.8, 4) is 11.5 Å². The van der Waals surface area contributed by atoms with Crippen LogP contribution in [0.4, 0.5) is 0 Å². The minimum atomic E-state index is -0.552. The third-order valence-corrected chi connectivity index (χ3v) is 3.83. The molecule has 1 amide bonds. The Morgan fingerprint density at radius 3 is 2.12 bits per heavy atom. The standard InChI is InChI=1S/C21H27NO3/c1-14(2)24-19-11-9-18(10-12-19)13-22-21(23)17(5)25-20-15(3)7-6-8-16(20)4/h6-12,14,17H,13H2,1-5H3,(H,22,23). The van der Waals surface area contributed by atoms with Gasteiger partial charge >= 0.3 is 0 Å². The molecule has 1 unspecified atom stereocenters. The van der Waals surface area contributed by atoms with E-state index in [0.717, 1.165) is 28.2 Å². The first kappa shape index (κ1) is 18.8. The first-order chi connectivity index (χ1) is 11.9. The van der Waals surface area contributed by atoms with Crippen LogP contribution in [0.25, 0.3) is 0 Å². The van der Waals surface area contributed by atoms with Gasteiger partial charge in [0.05, 0.1) is 6.10 Å². The normalized spacial score (nSPS) is 11.9. The van der Waals surface area contributed by atoms with E-state index in [1.54, 1.807) is 6.92 Å². The van der Waals surface area contributed by atoms with Crippen LogP contribution in [0.2, 0.25) is 0 Å². The molecule has 134 valence electrons. The number of para-hydroxylation sites is 1. The molecular formula is C21H27NO3. The first-order valence-electron chi connectivity index (χ1n) is 8.63. The van der Waals surface area contributed by atoms with E-state index in [2.05, 4.69) is 5.32 Å². The molecule has 2 aromatic carbocycles. The Morgan fingerprint density at radius 2 is 1.56 bits per heavy atom. The quantitative estimate of drug-likeness (QED) is 0.822. The molecule has 0 aliphatic heterocycles. The monoisotopic (exact) mass is 341 g/mol. The highest BCUT2D eigenvalue weighted by molar-refractivity contribution is 5.80. The lowest BCUT2D eigenvalue weighted by Gasteiger charge is -2.18. The molecule has 0 aromatic heterocycles. The lowest BCUT2D eigenvalue weighted by atomic mass is 10.1. The van der Waals surface area contributed by atoms with Crippen LogP contribution in [0.5, 0.6) is 11.5 Å². The van der Waals surface area contributed by atoms with Crippen molar-refractivity contribution in [1.82, 2.24) is 5.32 Å². The van der Waals surface area contributed by atoms with Gasteiger partial charge in [-0.1, -0.05) is 30.3 Å². The van der Waals surface area contributed by atoms with Gasteiger partial charge in [-0.3, -0.25) is 4.79 Å². The minimum Gasteiger partial charge on any atom is -0.491 e. The number of amides is 1. The van der Waals surface area contributed by atoms with Crippen molar-refractivity contribution < 1.29 is 14.3 Å². The first-order valence-corrected chi connectivity index (χ1v) is 8.63. The predicted octanol–water partition coefficient (Wildman–Crippen LogP) is 4.17. The Morgan fingerprint density at radius 1 is 0.960 bits per heavy atom. The number of hydrogen-bond acceptors (Lipinski definition) is 3. The average Bonchev–Trinajstić information content (AvgIpc) is 2.56. The summed E-state index contributed by atoms with van der Waals surface area (Å²) >= 11 is 0. The summed E-state index contributed by atoms with van der Waals surface area (Å²) in [5.41, 5.74) is 3.07. The molecule has 1 N–H and O–H groups in total. The van der Waals surface area contributed by atoms with Crippen LogP contribution in [0.3, 0.4) is 0 Å². The Bertz CT molecular complexity index is 687. The zero-order chi connectivity index (χ0) is 18.4. The van der Waals surface area contributed by atoms with Gasteiger partial charge in [0.2, 0.25) is 0 Å². The van der Waals surface area contributed by atoms with Crippen LogP contribution < -0.4 is 14.8 Å². The van der Waals surface area contributed by atoms with Gasteiger partial charge in [0, 0.05) is 6.54 Å². The van der Waals surface area contributed by atoms with E-state index in [1.165, 1.54) is 0 Å². The van der Waals surface area contributed by atoms with E-state index in [-0.39, 0.29) is 12.0 Å². The average molecular weight is 341 g/mol. The summed E-state index contributed by atoms with van der Waals surface area (Å²) in [7, 11) is 0. The number of nitrogens with one attached hydrogen (secondary N) is 1. The van der Waals surface area contributed by atoms with Gasteiger partial charge in [-0.05, 0) is 63.4 Å². The topological polar surface area (TPSA) is 47.6 Å². The fraction of sp³-hybridized carbons (Fsp3) is 0.381. The van der Waals surface area contributed by atoms with Crippen molar-refractivity contribution in [2.75, 3.05) is 0 Å². The fourth-order valence-electron chi connectivity index (χ4n) is 2.51. The van der Waals surface area contributed by atoms with Crippen LogP contribution in [0, 0.1) is 13.8 Å². The van der Waals surface area contributed by atoms with Gasteiger partial charge in [-0.25, -0.2) is 0 Å². The maximum atomic E-state index is 12.3. The Hall–Kier alpha value is -2.49. The fourth-order valence-corrected chi connectivity index (χ4v) is 2.51. The third kappa shape index (κ3) is 5.52. The van der Waals surface area contributed by atoms with Crippen molar-refractivity contribution >= 4 is 5.91 Å². The highest BCUT2D eigenvalue weighted by Gasteiger charge is 2.16. The van der Waals surface area contributed by atoms with Crippen molar-refractivity contribution in [3.63, 3.8) is 0 Å². The lowest BCUT2D eigenvalue weighted by Crippen LogP contribution is -2.36. The summed E-state index contributed by atoms with van der Waals surface area (Å²) in [5, 5.41) is 2.91. The Kier molecular flexibility index (Phi) is 6.45. The number of hydrogen-bond donors (Lipinski definition) is 1. The number of rotatable bonds is 7. The molecule has 25 heavy (non-hydrogen) atoms. The zero-order valence-corrected chi connectivity index (χ0v) is 15.6. The molecule has 4 nitrogen and oxygen atoms in total. The van der Waals surface area contributed by atoms with Crippen molar-refractivity contribution in [3.05, 3.63) is 59.2 Å². The molecule has 0 spiro atoms. The lowest BCUT2D eigenvalue weighted by molar-refractivity contribution is -0.127. The molecule has 0 saturated heterocycles. The maximum Gasteiger partial charge on any atom is 0.261 e. The number of aryl methyl sites for hydroxylation is 2. The van der Waals surface area contributed by atoms with Gasteiger partial charge in [-0.2, -0.15) is 0 Å². The summed E-state index contributed by atoms with van der Waals surface area (Å²) in [6.45, 7) is 10.2. The van der Waals surface area contributed by atoms with E-state index in [0.29, 0.717) is 6.54 Å². The third-order valence-electron chi connectivity index (χ3n) is 3.83. The molecular weight excluding hydrogens is 314 g/mol. The van der Waals surface area contributed by atoms with Crippen LogP contribution in [-0.2, 0) is 11.3 Å². The molecule has 0 heterocycles. The molecule has 0 fully saturated rings. The van der Waals surface area contributed by atoms with E-state index in [9.17, 15) is 4.79 Å². The summed E-state index contributed by atoms with van der Waals surface area (Å²) in [4.78, 5) is 12.3. The van der Waals surface area contributed by atoms with Gasteiger partial charge in [0.25, 0.3) is 5.91 Å². The zero-order valence-electron chi connectivity index (χ0n) is 15.6. The van der Waals surface area contributed by atoms with E-state index in [4.69, 9.17) is 9.47 Å². The molecule has 1 atom stereocenters. The van der Waals surface area contributed by atoms with E-state index in [1.807, 2.05) is 70.2 Å². The summed E-state index contributed by atoms with van der Waals surface area (Å²) in [6.07, 6.45) is -0.406. The number of carbonyl (C=O) groups excluding carboxylic acids is 1. The van der Waals surface area contributed by atoms with Gasteiger partial charge in [0.15, 0.2) is 6.10 Å². The van der Waals surface area contributed by atoms with Crippen molar-refractivity contribution in [2.24, 2.45) is 0 Å². The molecule has 0 aliphatic rings. The van der Waals surface area contributed by atoms with Crippen molar-refractivity contribution in [2.45, 2.75) is 53.4 Å². The molecule has 0 radical (unpaired) electrons. The van der Waals surface area contributed by atoms with Gasteiger partial charge in [-0.15, -0.1) is 0 Å². The number of ether oxygens (including phenoxy) is 2. The van der Waals surface area contributed by atoms with Crippen molar-refractivity contribution in [1.29, 1.82) is 0 Å². The second-order valence-electron chi connectivity index (χ2n) is 6.51. The number of carbonyl (C=O) groups is 1. The van der Waals surface area contributed by atoms with Crippen LogP contribution in [0.1, 0.15) is 37.5 Å². The van der Waals surface area contributed by atoms with Gasteiger partial charge in [0.1, 0.15) is 11.5 Å². The minimum absolute atomic E-state index is 0.134. The molecule has 2 aromatic rings. The Labute approximate surface area is 150 Å². The van der Waals surface area contributed by atoms with Crippen LogP contribution in [0.15, 0.2) is 42.5 Å². The largest absolute Gasteiger partial charge is 0.491 e. The molecule has 4 heteroatoms. The molecule has 2 rings (SSSR count). The predicted molar refractivity (Wildman–Crippen MR) is 100 cm³/mol. The summed E-state index contributed by atoms with van der Waals surface area (Å²) < 4.78 is 11.5. The highest BCUT2D eigenvalue weighted by Crippen LogP contribution is 2.23. The number of benzene rings is 2. The van der Waals surface area contributed by atoms with Crippen LogP contribution in [-0.4, -0.2) is 18.1 Å². The van der Waals surface area contributed by atoms with E-state index >= 15 is 0 Å².